The molecule has 1 unspecified atom stereocenters. The monoisotopic (exact) mass is 330 g/mol. The molecule has 0 bridgehead atoms. The van der Waals surface area contributed by atoms with Gasteiger partial charge in [0.05, 0.1) is 25.0 Å². The molecule has 0 spiro atoms. The van der Waals surface area contributed by atoms with Crippen molar-refractivity contribution in [2.75, 3.05) is 11.6 Å². The largest absolute Gasteiger partial charge is 0.377 e. The second-order valence-electron chi connectivity index (χ2n) is 6.37. The smallest absolute Gasteiger partial charge is 0.178 e. The van der Waals surface area contributed by atoms with E-state index in [0.717, 1.165) is 30.0 Å². The normalized spacial score (nSPS) is 18.8. The Morgan fingerprint density at radius 3 is 2.92 bits per heavy atom. The molecule has 124 valence electrons. The van der Waals surface area contributed by atoms with Crippen LogP contribution >= 0.6 is 0 Å². The molecule has 0 fully saturated rings. The van der Waals surface area contributed by atoms with E-state index in [0.29, 0.717) is 12.6 Å². The highest BCUT2D eigenvalue weighted by molar-refractivity contribution is 5.61. The van der Waals surface area contributed by atoms with Crippen LogP contribution in [0.5, 0.6) is 0 Å². The van der Waals surface area contributed by atoms with Crippen LogP contribution in [0.2, 0.25) is 0 Å². The van der Waals surface area contributed by atoms with Crippen LogP contribution in [-0.4, -0.2) is 21.3 Å². The van der Waals surface area contributed by atoms with Gasteiger partial charge in [0.2, 0.25) is 0 Å². The van der Waals surface area contributed by atoms with Crippen LogP contribution in [0.3, 0.4) is 0 Å². The van der Waals surface area contributed by atoms with Gasteiger partial charge < -0.3 is 4.84 Å². The van der Waals surface area contributed by atoms with Crippen LogP contribution < -0.4 is 5.06 Å². The first-order chi connectivity index (χ1) is 12.4. The lowest BCUT2D eigenvalue weighted by Crippen LogP contribution is -2.17. The van der Waals surface area contributed by atoms with Gasteiger partial charge in [-0.05, 0) is 42.2 Å². The first-order valence-corrected chi connectivity index (χ1v) is 8.57. The number of aryl methyl sites for hydroxylation is 1. The van der Waals surface area contributed by atoms with E-state index in [2.05, 4.69) is 45.2 Å². The first-order valence-electron chi connectivity index (χ1n) is 8.57. The predicted molar refractivity (Wildman–Crippen MR) is 95.8 cm³/mol. The number of rotatable bonds is 3. The number of pyridine rings is 1. The van der Waals surface area contributed by atoms with Gasteiger partial charge in [0, 0.05) is 6.20 Å². The maximum Gasteiger partial charge on any atom is 0.178 e. The van der Waals surface area contributed by atoms with Gasteiger partial charge in [0.15, 0.2) is 5.76 Å². The minimum absolute atomic E-state index is 0.316. The third-order valence-electron chi connectivity index (χ3n) is 4.86. The van der Waals surface area contributed by atoms with Crippen LogP contribution in [0.25, 0.3) is 5.76 Å². The maximum absolute atomic E-state index is 5.96. The standard InChI is InChI=1S/C20H18N4O/c1-2-6-17-15(5-1)8-9-19(17)23-14-16(13-22-23)24-12-10-20(25-24)18-7-3-4-11-21-18/h1-7,10-11,13-14,19H,8-9,12H2. The maximum atomic E-state index is 5.96. The molecule has 25 heavy (non-hydrogen) atoms. The lowest BCUT2D eigenvalue weighted by Gasteiger charge is -2.16. The number of aromatic nitrogens is 3. The van der Waals surface area contributed by atoms with Gasteiger partial charge in [0.1, 0.15) is 11.4 Å². The Labute approximate surface area is 146 Å². The van der Waals surface area contributed by atoms with Crippen molar-refractivity contribution in [2.24, 2.45) is 0 Å². The Kier molecular flexibility index (Phi) is 3.30. The molecule has 0 saturated heterocycles. The van der Waals surface area contributed by atoms with E-state index in [4.69, 9.17) is 4.84 Å². The zero-order valence-corrected chi connectivity index (χ0v) is 13.7. The number of benzene rings is 1. The fourth-order valence-corrected chi connectivity index (χ4v) is 3.61. The van der Waals surface area contributed by atoms with Crippen molar-refractivity contribution >= 4 is 11.4 Å². The molecule has 1 atom stereocenters. The van der Waals surface area contributed by atoms with Crippen molar-refractivity contribution in [3.8, 4) is 0 Å². The minimum atomic E-state index is 0.316. The van der Waals surface area contributed by atoms with E-state index < -0.39 is 0 Å². The van der Waals surface area contributed by atoms with Gasteiger partial charge in [-0.15, -0.1) is 0 Å². The summed E-state index contributed by atoms with van der Waals surface area (Å²) in [7, 11) is 0. The molecule has 0 amide bonds. The average molecular weight is 330 g/mol. The molecule has 5 heteroatoms. The summed E-state index contributed by atoms with van der Waals surface area (Å²) in [6.45, 7) is 0.693. The van der Waals surface area contributed by atoms with E-state index in [1.54, 1.807) is 6.20 Å². The highest BCUT2D eigenvalue weighted by atomic mass is 16.7. The number of hydrogen-bond donors (Lipinski definition) is 0. The molecule has 0 saturated carbocycles. The van der Waals surface area contributed by atoms with Crippen molar-refractivity contribution in [3.63, 3.8) is 0 Å². The molecular weight excluding hydrogens is 312 g/mol. The molecule has 2 aliphatic rings. The highest BCUT2D eigenvalue weighted by Gasteiger charge is 2.26. The molecule has 1 aromatic carbocycles. The van der Waals surface area contributed by atoms with Gasteiger partial charge >= 0.3 is 0 Å². The zero-order valence-electron chi connectivity index (χ0n) is 13.7. The molecule has 2 aromatic heterocycles. The van der Waals surface area contributed by atoms with E-state index in [-0.39, 0.29) is 0 Å². The number of hydroxylamine groups is 1. The second-order valence-corrected chi connectivity index (χ2v) is 6.37. The molecule has 5 nitrogen and oxygen atoms in total. The van der Waals surface area contributed by atoms with Gasteiger partial charge in [0.25, 0.3) is 0 Å². The summed E-state index contributed by atoms with van der Waals surface area (Å²) in [5.74, 6) is 0.791. The molecule has 1 aliphatic carbocycles. The van der Waals surface area contributed by atoms with E-state index >= 15 is 0 Å². The summed E-state index contributed by atoms with van der Waals surface area (Å²) in [5.41, 5.74) is 4.63. The van der Waals surface area contributed by atoms with Gasteiger partial charge in [-0.25, -0.2) is 5.06 Å². The minimum Gasteiger partial charge on any atom is -0.377 e. The summed E-state index contributed by atoms with van der Waals surface area (Å²) in [6.07, 6.45) is 9.97. The highest BCUT2D eigenvalue weighted by Crippen LogP contribution is 2.35. The summed E-state index contributed by atoms with van der Waals surface area (Å²) >= 11 is 0. The summed E-state index contributed by atoms with van der Waals surface area (Å²) < 4.78 is 2.06. The Bertz CT molecular complexity index is 932. The van der Waals surface area contributed by atoms with Gasteiger partial charge in [-0.2, -0.15) is 5.10 Å². The van der Waals surface area contributed by atoms with Crippen molar-refractivity contribution in [3.05, 3.63) is 84.0 Å². The molecule has 1 aliphatic heterocycles. The second kappa shape index (κ2) is 5.77. The molecule has 0 radical (unpaired) electrons. The predicted octanol–water partition coefficient (Wildman–Crippen LogP) is 3.61. The van der Waals surface area contributed by atoms with Crippen molar-refractivity contribution in [2.45, 2.75) is 18.9 Å². The van der Waals surface area contributed by atoms with Crippen molar-refractivity contribution < 1.29 is 4.84 Å². The van der Waals surface area contributed by atoms with E-state index in [1.807, 2.05) is 35.5 Å². The zero-order chi connectivity index (χ0) is 16.6. The Morgan fingerprint density at radius 1 is 1.08 bits per heavy atom. The number of hydrogen-bond acceptors (Lipinski definition) is 4. The lowest BCUT2D eigenvalue weighted by molar-refractivity contribution is 0.270. The first kappa shape index (κ1) is 14.3. The molecule has 3 heterocycles. The Balaban J connectivity index is 1.35. The quantitative estimate of drug-likeness (QED) is 0.736. The van der Waals surface area contributed by atoms with Crippen LogP contribution in [-0.2, 0) is 11.3 Å². The fraction of sp³-hybridized carbons (Fsp3) is 0.200. The molecular formula is C20H18N4O. The van der Waals surface area contributed by atoms with E-state index in [1.165, 1.54) is 11.1 Å². The molecule has 3 aromatic rings. The lowest BCUT2D eigenvalue weighted by atomic mass is 10.1. The van der Waals surface area contributed by atoms with Gasteiger partial charge in [-0.3, -0.25) is 9.67 Å². The molecule has 5 rings (SSSR count). The third kappa shape index (κ3) is 2.48. The Hall–Kier alpha value is -3.08. The fourth-order valence-electron chi connectivity index (χ4n) is 3.61. The number of fused-ring (bicyclic) bond motifs is 1. The van der Waals surface area contributed by atoms with Crippen LogP contribution in [0.15, 0.2) is 67.1 Å². The van der Waals surface area contributed by atoms with Crippen molar-refractivity contribution in [1.29, 1.82) is 0 Å². The van der Waals surface area contributed by atoms with Crippen molar-refractivity contribution in [1.82, 2.24) is 14.8 Å². The molecule has 0 N–H and O–H groups in total. The topological polar surface area (TPSA) is 43.2 Å². The van der Waals surface area contributed by atoms with Crippen LogP contribution in [0, 0.1) is 0 Å². The average Bonchev–Trinajstić information content (AvgIpc) is 3.40. The number of anilines is 1. The summed E-state index contributed by atoms with van der Waals surface area (Å²) in [6, 6.07) is 14.8. The van der Waals surface area contributed by atoms with Crippen LogP contribution in [0.4, 0.5) is 5.69 Å². The summed E-state index contributed by atoms with van der Waals surface area (Å²) in [5, 5.41) is 6.45. The SMILES string of the molecule is C1=C(c2ccccn2)ON(c2cnn(C3CCc4ccccc43)c2)C1. The van der Waals surface area contributed by atoms with E-state index in [9.17, 15) is 0 Å². The number of nitrogens with zero attached hydrogens (tertiary/aromatic N) is 4. The summed E-state index contributed by atoms with van der Waals surface area (Å²) in [4.78, 5) is 10.3. The third-order valence-corrected chi connectivity index (χ3v) is 4.86. The van der Waals surface area contributed by atoms with Gasteiger partial charge in [-0.1, -0.05) is 30.3 Å². The Morgan fingerprint density at radius 2 is 2.00 bits per heavy atom. The van der Waals surface area contributed by atoms with Crippen LogP contribution in [0.1, 0.15) is 29.3 Å².